The Kier molecular flexibility index (Phi) is 27.0. The SMILES string of the molecule is CCCCCCCCCCCCCCCCCC(=O)OCC(COP(=O)([O-])OCC[N+](C)(C)C)OC(=O)O[C@H](C)[N+]1(C)CCC=C(c2nsnc2OCCCCCC)C1. The van der Waals surface area contributed by atoms with Gasteiger partial charge in [0, 0.05) is 25.3 Å². The summed E-state index contributed by atoms with van der Waals surface area (Å²) in [5, 5.41) is 0. The number of phosphoric acid groups is 1. The number of nitrogens with zero attached hydrogens (tertiary/aromatic N) is 4. The van der Waals surface area contributed by atoms with Crippen LogP contribution in [0.1, 0.15) is 161 Å². The van der Waals surface area contributed by atoms with Crippen molar-refractivity contribution in [2.45, 2.75) is 168 Å². The molecule has 0 aromatic carbocycles. The zero-order valence-corrected chi connectivity index (χ0v) is 39.5. The first-order chi connectivity index (χ1) is 28.2. The van der Waals surface area contributed by atoms with Gasteiger partial charge in [0.1, 0.15) is 32.0 Å². The summed E-state index contributed by atoms with van der Waals surface area (Å²) in [4.78, 5) is 38.4. The lowest BCUT2D eigenvalue weighted by Crippen LogP contribution is -2.55. The molecular weight excluding hydrogens is 796 g/mol. The van der Waals surface area contributed by atoms with Gasteiger partial charge < -0.3 is 37.4 Å². The largest absolute Gasteiger partial charge is 0.756 e. The highest BCUT2D eigenvalue weighted by atomic mass is 32.1. The summed E-state index contributed by atoms with van der Waals surface area (Å²) >= 11 is 1.11. The maximum Gasteiger partial charge on any atom is 0.513 e. The number of aromatic nitrogens is 2. The molecule has 2 heterocycles. The minimum absolute atomic E-state index is 0.0833. The Hall–Kier alpha value is -2.13. The van der Waals surface area contributed by atoms with Gasteiger partial charge in [-0.3, -0.25) is 13.8 Å². The number of carbonyl (C=O) groups is 2. The molecule has 3 unspecified atom stereocenters. The number of likely N-dealkylation sites (N-methyl/N-ethyl adjacent to an activating group) is 2. The van der Waals surface area contributed by atoms with Crippen LogP contribution in [-0.2, 0) is 32.6 Å². The van der Waals surface area contributed by atoms with Gasteiger partial charge in [0.2, 0.25) is 6.23 Å². The van der Waals surface area contributed by atoms with E-state index in [4.69, 9.17) is 28.0 Å². The number of hydrogen-bond acceptors (Lipinski definition) is 13. The molecule has 1 aliphatic heterocycles. The van der Waals surface area contributed by atoms with Crippen LogP contribution in [0, 0.1) is 0 Å². The standard InChI is InChI=1S/C43H80N4O10PS/c1-8-10-12-14-15-16-17-18-19-20-21-22-23-24-25-29-40(48)53-35-39(36-55-58(50,51)54-33-31-46(4,5)6)57-43(49)56-37(3)47(7)30-27-28-38(34-47)41-42(45-59-44-41)52-32-26-13-11-9-2/h28,37,39H,8-27,29-36H2,1-7H3/q+1/t37-,39?,47?/m1/s1. The molecule has 0 N–H and O–H groups in total. The Morgan fingerprint density at radius 1 is 0.814 bits per heavy atom. The maximum absolute atomic E-state index is 13.2. The topological polar surface area (TPSA) is 155 Å². The third kappa shape index (κ3) is 24.8. The first kappa shape index (κ1) is 53.0. The van der Waals surface area contributed by atoms with Gasteiger partial charge >= 0.3 is 12.1 Å². The fourth-order valence-electron chi connectivity index (χ4n) is 6.80. The smallest absolute Gasteiger partial charge is 0.513 e. The fraction of sp³-hybridized carbons (Fsp3) is 0.860. The van der Waals surface area contributed by atoms with E-state index in [9.17, 15) is 19.0 Å². The van der Waals surface area contributed by atoms with Crippen molar-refractivity contribution in [2.24, 2.45) is 0 Å². The highest BCUT2D eigenvalue weighted by Crippen LogP contribution is 2.38. The number of phosphoric ester groups is 1. The summed E-state index contributed by atoms with van der Waals surface area (Å²) < 4.78 is 55.2. The number of esters is 1. The summed E-state index contributed by atoms with van der Waals surface area (Å²) in [6.45, 7) is 7.34. The molecule has 0 amide bonds. The number of rotatable bonds is 35. The van der Waals surface area contributed by atoms with Gasteiger partial charge in [0.25, 0.3) is 13.7 Å². The molecule has 342 valence electrons. The molecule has 1 aromatic rings. The molecule has 0 saturated carbocycles. The molecule has 4 atom stereocenters. The molecule has 1 aliphatic rings. The van der Waals surface area contributed by atoms with Crippen LogP contribution in [0.2, 0.25) is 0 Å². The van der Waals surface area contributed by atoms with Crippen molar-refractivity contribution in [3.05, 3.63) is 11.8 Å². The second-order valence-corrected chi connectivity index (χ2v) is 19.3. The van der Waals surface area contributed by atoms with Gasteiger partial charge in [-0.1, -0.05) is 129 Å². The minimum atomic E-state index is -4.74. The number of carbonyl (C=O) groups excluding carboxylic acids is 2. The lowest BCUT2D eigenvalue weighted by atomic mass is 10.0. The molecule has 0 radical (unpaired) electrons. The fourth-order valence-corrected chi connectivity index (χ4v) is 8.06. The van der Waals surface area contributed by atoms with Crippen molar-refractivity contribution in [1.82, 2.24) is 8.75 Å². The second-order valence-electron chi connectivity index (χ2n) is 17.4. The third-order valence-electron chi connectivity index (χ3n) is 10.8. The number of ether oxygens (including phenoxy) is 4. The van der Waals surface area contributed by atoms with E-state index in [1.54, 1.807) is 6.92 Å². The molecule has 59 heavy (non-hydrogen) atoms. The van der Waals surface area contributed by atoms with Crippen molar-refractivity contribution in [2.75, 3.05) is 74.3 Å². The first-order valence-corrected chi connectivity index (χ1v) is 24.8. The monoisotopic (exact) mass is 876 g/mol. The van der Waals surface area contributed by atoms with E-state index in [0.29, 0.717) is 53.2 Å². The molecule has 16 heteroatoms. The van der Waals surface area contributed by atoms with Crippen molar-refractivity contribution >= 4 is 37.2 Å². The van der Waals surface area contributed by atoms with Crippen LogP contribution in [0.3, 0.4) is 0 Å². The summed E-state index contributed by atoms with van der Waals surface area (Å²) in [5.74, 6) is 0.0688. The van der Waals surface area contributed by atoms with Crippen molar-refractivity contribution in [3.8, 4) is 5.88 Å². The van der Waals surface area contributed by atoms with Crippen LogP contribution in [-0.4, -0.2) is 116 Å². The first-order valence-electron chi connectivity index (χ1n) is 22.6. The van der Waals surface area contributed by atoms with E-state index in [1.807, 2.05) is 28.2 Å². The predicted octanol–water partition coefficient (Wildman–Crippen LogP) is 9.61. The quantitative estimate of drug-likeness (QED) is 0.0276. The van der Waals surface area contributed by atoms with Crippen molar-refractivity contribution in [1.29, 1.82) is 0 Å². The van der Waals surface area contributed by atoms with Crippen LogP contribution >= 0.6 is 19.6 Å². The summed E-state index contributed by atoms with van der Waals surface area (Å²) in [6, 6.07) is 0. The summed E-state index contributed by atoms with van der Waals surface area (Å²) in [5.41, 5.74) is 1.67. The van der Waals surface area contributed by atoms with Gasteiger partial charge in [-0.2, -0.15) is 4.37 Å². The Balaban J connectivity index is 1.84. The Labute approximate surface area is 360 Å². The van der Waals surface area contributed by atoms with E-state index in [0.717, 1.165) is 68.7 Å². The lowest BCUT2D eigenvalue weighted by Gasteiger charge is -2.41. The minimum Gasteiger partial charge on any atom is -0.756 e. The van der Waals surface area contributed by atoms with Crippen LogP contribution in [0.4, 0.5) is 4.79 Å². The number of quaternary nitrogens is 2. The zero-order chi connectivity index (χ0) is 43.4. The van der Waals surface area contributed by atoms with Gasteiger partial charge in [0.15, 0.2) is 6.10 Å². The molecule has 0 aliphatic carbocycles. The maximum atomic E-state index is 13.2. The molecule has 0 spiro atoms. The molecule has 0 saturated heterocycles. The molecule has 1 aromatic heterocycles. The van der Waals surface area contributed by atoms with Gasteiger partial charge in [-0.05, 0) is 12.8 Å². The average molecular weight is 876 g/mol. The summed E-state index contributed by atoms with van der Waals surface area (Å²) in [7, 11) is 2.97. The van der Waals surface area contributed by atoms with E-state index in [1.165, 1.54) is 70.6 Å². The number of unbranched alkanes of at least 4 members (excludes halogenated alkanes) is 17. The van der Waals surface area contributed by atoms with Gasteiger partial charge in [-0.15, -0.1) is 4.37 Å². The van der Waals surface area contributed by atoms with Gasteiger partial charge in [-0.25, -0.2) is 4.79 Å². The van der Waals surface area contributed by atoms with Crippen LogP contribution in [0.5, 0.6) is 5.88 Å². The van der Waals surface area contributed by atoms with E-state index in [2.05, 4.69) is 28.7 Å². The van der Waals surface area contributed by atoms with Crippen molar-refractivity contribution < 1.29 is 56.0 Å². The van der Waals surface area contributed by atoms with Gasteiger partial charge in [0.05, 0.1) is 59.7 Å². The predicted molar refractivity (Wildman–Crippen MR) is 232 cm³/mol. The highest BCUT2D eigenvalue weighted by molar-refractivity contribution is 7.45. The van der Waals surface area contributed by atoms with Crippen LogP contribution in [0.25, 0.3) is 5.57 Å². The Morgan fingerprint density at radius 2 is 1.39 bits per heavy atom. The summed E-state index contributed by atoms with van der Waals surface area (Å²) in [6.07, 6.45) is 22.9. The Morgan fingerprint density at radius 3 is 1.98 bits per heavy atom. The van der Waals surface area contributed by atoms with E-state index >= 15 is 0 Å². The molecular formula is C43H80N4O10PS+. The molecule has 0 fully saturated rings. The Bertz CT molecular complexity index is 1380. The normalized spacial score (nSPS) is 17.8. The second kappa shape index (κ2) is 30.0. The average Bonchev–Trinajstić information content (AvgIpc) is 3.65. The van der Waals surface area contributed by atoms with E-state index < -0.39 is 45.5 Å². The molecule has 14 nitrogen and oxygen atoms in total. The highest BCUT2D eigenvalue weighted by Gasteiger charge is 2.37. The lowest BCUT2D eigenvalue weighted by molar-refractivity contribution is -0.944. The van der Waals surface area contributed by atoms with Crippen LogP contribution in [0.15, 0.2) is 6.08 Å². The third-order valence-corrected chi connectivity index (χ3v) is 12.3. The molecule has 2 rings (SSSR count). The van der Waals surface area contributed by atoms with Crippen molar-refractivity contribution in [3.63, 3.8) is 0 Å². The van der Waals surface area contributed by atoms with E-state index in [-0.39, 0.29) is 13.0 Å². The zero-order valence-electron chi connectivity index (χ0n) is 37.8. The molecule has 0 bridgehead atoms. The number of hydrogen-bond donors (Lipinski definition) is 0. The van der Waals surface area contributed by atoms with Crippen LogP contribution < -0.4 is 9.63 Å².